The summed E-state index contributed by atoms with van der Waals surface area (Å²) in [5.74, 6) is 1.39. The first kappa shape index (κ1) is 25.7. The fourth-order valence-electron chi connectivity index (χ4n) is 4.58. The molecule has 0 aliphatic carbocycles. The van der Waals surface area contributed by atoms with Gasteiger partial charge in [-0.1, -0.05) is 109 Å². The van der Waals surface area contributed by atoms with Gasteiger partial charge >= 0.3 is 0 Å². The Hall–Kier alpha value is -1.57. The number of aryl methyl sites for hydroxylation is 2. The molecule has 0 spiro atoms. The van der Waals surface area contributed by atoms with Crippen LogP contribution >= 0.6 is 0 Å². The van der Waals surface area contributed by atoms with E-state index in [-0.39, 0.29) is 0 Å². The Labute approximate surface area is 193 Å². The molecule has 0 saturated carbocycles. The van der Waals surface area contributed by atoms with Gasteiger partial charge < -0.3 is 0 Å². The lowest BCUT2D eigenvalue weighted by molar-refractivity contribution is -0.686. The van der Waals surface area contributed by atoms with Gasteiger partial charge in [-0.25, -0.2) is 9.13 Å². The number of hydrogen-bond donors (Lipinski definition) is 0. The molecule has 174 valence electrons. The molecular weight excluding hydrogens is 376 g/mol. The van der Waals surface area contributed by atoms with Crippen molar-refractivity contribution in [2.24, 2.45) is 0 Å². The van der Waals surface area contributed by atoms with E-state index in [1.807, 2.05) is 0 Å². The van der Waals surface area contributed by atoms with Gasteiger partial charge in [-0.15, -0.1) is 0 Å². The van der Waals surface area contributed by atoms with E-state index in [1.54, 1.807) is 0 Å². The second-order valence-electron chi connectivity index (χ2n) is 9.32. The van der Waals surface area contributed by atoms with E-state index in [0.717, 1.165) is 13.1 Å². The molecule has 2 heteroatoms. The van der Waals surface area contributed by atoms with E-state index in [1.165, 1.54) is 114 Å². The summed E-state index contributed by atoms with van der Waals surface area (Å²) in [7, 11) is 0. The van der Waals surface area contributed by atoms with Gasteiger partial charge in [0.1, 0.15) is 12.4 Å². The first-order valence-corrected chi connectivity index (χ1v) is 13.5. The van der Waals surface area contributed by atoms with E-state index >= 15 is 0 Å². The fraction of sp³-hybridized carbons (Fsp3) is 0.690. The molecule has 0 atom stereocenters. The molecule has 0 aliphatic heterocycles. The van der Waals surface area contributed by atoms with Crippen LogP contribution in [0.2, 0.25) is 0 Å². The summed E-state index contributed by atoms with van der Waals surface area (Å²) in [6, 6.07) is 11.0. The van der Waals surface area contributed by atoms with Crippen LogP contribution in [0.4, 0.5) is 0 Å². The Morgan fingerprint density at radius 2 is 1.13 bits per heavy atom. The smallest absolute Gasteiger partial charge is 0.230 e. The minimum absolute atomic E-state index is 1.14. The monoisotopic (exact) mass is 425 g/mol. The van der Waals surface area contributed by atoms with Crippen LogP contribution in [0, 0.1) is 0 Å². The first-order chi connectivity index (χ1) is 15.4. The van der Waals surface area contributed by atoms with E-state index < -0.39 is 0 Å². The summed E-state index contributed by atoms with van der Waals surface area (Å²) < 4.78 is 4.98. The van der Waals surface area contributed by atoms with Crippen LogP contribution in [0.3, 0.4) is 0 Å². The lowest BCUT2D eigenvalue weighted by Gasteiger charge is -2.06. The predicted molar refractivity (Wildman–Crippen MR) is 135 cm³/mol. The number of nitrogens with zero attached hydrogens (tertiary/aromatic N) is 2. The van der Waals surface area contributed by atoms with Crippen molar-refractivity contribution in [1.82, 2.24) is 4.57 Å². The first-order valence-electron chi connectivity index (χ1n) is 13.5. The van der Waals surface area contributed by atoms with Gasteiger partial charge in [-0.2, -0.15) is 0 Å². The van der Waals surface area contributed by atoms with Gasteiger partial charge in [0, 0.05) is 0 Å². The maximum atomic E-state index is 2.50. The Bertz CT molecular complexity index is 659. The van der Waals surface area contributed by atoms with E-state index in [9.17, 15) is 0 Å². The summed E-state index contributed by atoms with van der Waals surface area (Å²) in [6.45, 7) is 6.87. The van der Waals surface area contributed by atoms with Crippen molar-refractivity contribution >= 4 is 0 Å². The van der Waals surface area contributed by atoms with E-state index in [0.29, 0.717) is 0 Å². The van der Waals surface area contributed by atoms with Crippen LogP contribution < -0.4 is 4.57 Å². The Morgan fingerprint density at radius 3 is 1.71 bits per heavy atom. The highest BCUT2D eigenvalue weighted by Gasteiger charge is 2.18. The van der Waals surface area contributed by atoms with Crippen LogP contribution in [0.1, 0.15) is 117 Å². The van der Waals surface area contributed by atoms with Gasteiger partial charge in [0.15, 0.2) is 0 Å². The van der Waals surface area contributed by atoms with Crippen molar-refractivity contribution in [3.05, 3.63) is 42.7 Å². The van der Waals surface area contributed by atoms with E-state index in [2.05, 4.69) is 65.7 Å². The second-order valence-corrected chi connectivity index (χ2v) is 9.32. The topological polar surface area (TPSA) is 8.81 Å². The Balaban J connectivity index is 1.73. The average Bonchev–Trinajstić information content (AvgIpc) is 3.20. The maximum Gasteiger partial charge on any atom is 0.288 e. The third-order valence-electron chi connectivity index (χ3n) is 6.51. The molecule has 0 aliphatic rings. The SMILES string of the molecule is CCCCCCCCCCCCCn1cc[n+](CCCCCCC)c1-c1ccccc1. The van der Waals surface area contributed by atoms with Crippen LogP contribution in [0.5, 0.6) is 0 Å². The van der Waals surface area contributed by atoms with Crippen molar-refractivity contribution in [3.63, 3.8) is 0 Å². The van der Waals surface area contributed by atoms with E-state index in [4.69, 9.17) is 0 Å². The zero-order valence-electron chi connectivity index (χ0n) is 20.7. The Kier molecular flexibility index (Phi) is 14.1. The van der Waals surface area contributed by atoms with Crippen LogP contribution in [0.15, 0.2) is 42.7 Å². The van der Waals surface area contributed by atoms with Gasteiger partial charge in [0.2, 0.25) is 0 Å². The molecule has 2 aromatic rings. The highest BCUT2D eigenvalue weighted by Crippen LogP contribution is 2.18. The molecule has 0 N–H and O–H groups in total. The number of hydrogen-bond acceptors (Lipinski definition) is 0. The van der Waals surface area contributed by atoms with Gasteiger partial charge in [-0.05, 0) is 37.8 Å². The minimum Gasteiger partial charge on any atom is -0.230 e. The van der Waals surface area contributed by atoms with Gasteiger partial charge in [0.05, 0.1) is 18.7 Å². The number of benzene rings is 1. The highest BCUT2D eigenvalue weighted by atomic mass is 15.1. The standard InChI is InChI=1S/C29H49N2/c1-3-5-7-9-10-11-12-13-14-16-21-25-31-27-26-30(24-20-15-8-6-4-2)29(31)28-22-18-17-19-23-28/h17-19,22-23,26-27H,3-16,20-21,24-25H2,1-2H3/q+1. The maximum absolute atomic E-state index is 2.50. The van der Waals surface area contributed by atoms with Crippen LogP contribution in [-0.4, -0.2) is 4.57 Å². The second kappa shape index (κ2) is 17.0. The molecule has 0 saturated heterocycles. The highest BCUT2D eigenvalue weighted by molar-refractivity contribution is 5.52. The molecule has 2 rings (SSSR count). The quantitative estimate of drug-likeness (QED) is 0.157. The largest absolute Gasteiger partial charge is 0.288 e. The van der Waals surface area contributed by atoms with Crippen LogP contribution in [0.25, 0.3) is 11.4 Å². The van der Waals surface area contributed by atoms with Crippen molar-refractivity contribution in [2.75, 3.05) is 0 Å². The number of aromatic nitrogens is 2. The number of rotatable bonds is 19. The molecule has 0 radical (unpaired) electrons. The summed E-state index contributed by atoms with van der Waals surface area (Å²) in [4.78, 5) is 0. The van der Waals surface area contributed by atoms with Crippen molar-refractivity contribution in [2.45, 2.75) is 130 Å². The molecule has 1 aromatic heterocycles. The van der Waals surface area contributed by atoms with Gasteiger partial charge in [-0.3, -0.25) is 0 Å². The van der Waals surface area contributed by atoms with Crippen LogP contribution in [-0.2, 0) is 13.1 Å². The minimum atomic E-state index is 1.14. The third-order valence-corrected chi connectivity index (χ3v) is 6.51. The zero-order valence-corrected chi connectivity index (χ0v) is 20.7. The molecule has 1 heterocycles. The van der Waals surface area contributed by atoms with Gasteiger partial charge in [0.25, 0.3) is 5.82 Å². The zero-order chi connectivity index (χ0) is 22.0. The number of unbranched alkanes of at least 4 members (excludes halogenated alkanes) is 14. The molecule has 0 fully saturated rings. The Morgan fingerprint density at radius 1 is 0.613 bits per heavy atom. The molecule has 31 heavy (non-hydrogen) atoms. The normalized spacial score (nSPS) is 11.3. The predicted octanol–water partition coefficient (Wildman–Crippen LogP) is 8.72. The lowest BCUT2D eigenvalue weighted by Crippen LogP contribution is -2.34. The molecule has 0 unspecified atom stereocenters. The molecular formula is C29H49N2+. The van der Waals surface area contributed by atoms with Crippen molar-refractivity contribution in [1.29, 1.82) is 0 Å². The van der Waals surface area contributed by atoms with Crippen molar-refractivity contribution in [3.8, 4) is 11.4 Å². The lowest BCUT2D eigenvalue weighted by atomic mass is 10.1. The fourth-order valence-corrected chi connectivity index (χ4v) is 4.58. The molecule has 0 amide bonds. The summed E-state index contributed by atoms with van der Waals surface area (Å²) in [6.07, 6.45) is 26.8. The van der Waals surface area contributed by atoms with Crippen molar-refractivity contribution < 1.29 is 4.57 Å². The summed E-state index contributed by atoms with van der Waals surface area (Å²) >= 11 is 0. The molecule has 1 aromatic carbocycles. The third kappa shape index (κ3) is 10.5. The average molecular weight is 426 g/mol. The molecule has 0 bridgehead atoms. The summed E-state index contributed by atoms with van der Waals surface area (Å²) in [5.41, 5.74) is 1.35. The number of imidazole rings is 1. The summed E-state index contributed by atoms with van der Waals surface area (Å²) in [5, 5.41) is 0. The molecule has 2 nitrogen and oxygen atoms in total.